The van der Waals surface area contributed by atoms with Gasteiger partial charge in [-0.15, -0.1) is 13.2 Å². The van der Waals surface area contributed by atoms with Crippen molar-refractivity contribution in [3.05, 3.63) is 63.2 Å². The second-order valence-electron chi connectivity index (χ2n) is 6.64. The summed E-state index contributed by atoms with van der Waals surface area (Å²) in [7, 11) is 0. The molecular weight excluding hydrogens is 421 g/mol. The summed E-state index contributed by atoms with van der Waals surface area (Å²) in [6, 6.07) is 6.88. The van der Waals surface area contributed by atoms with E-state index in [1.54, 1.807) is 6.92 Å². The number of non-ortho nitro benzene ring substituents is 1. The van der Waals surface area contributed by atoms with Gasteiger partial charge >= 0.3 is 12.3 Å². The Balaban J connectivity index is 1.97. The fourth-order valence-corrected chi connectivity index (χ4v) is 3.31. The van der Waals surface area contributed by atoms with Crippen LogP contribution in [-0.2, 0) is 11.2 Å². The number of nitro groups is 1. The molecule has 2 aromatic rings. The molecule has 0 fully saturated rings. The third-order valence-corrected chi connectivity index (χ3v) is 4.53. The number of ether oxygens (including phenoxy) is 2. The Morgan fingerprint density at radius 2 is 1.87 bits per heavy atom. The molecule has 0 aromatic heterocycles. The number of esters is 1. The van der Waals surface area contributed by atoms with Crippen molar-refractivity contribution in [3.63, 3.8) is 0 Å². The van der Waals surface area contributed by atoms with Crippen LogP contribution in [0, 0.1) is 10.1 Å². The van der Waals surface area contributed by atoms with Crippen LogP contribution in [0.5, 0.6) is 5.75 Å². The number of carbonyl (C=O) groups excluding carboxylic acids is 2. The van der Waals surface area contributed by atoms with Crippen molar-refractivity contribution in [2.75, 3.05) is 18.1 Å². The average molecular weight is 438 g/mol. The normalized spacial score (nSPS) is 13.4. The fourth-order valence-electron chi connectivity index (χ4n) is 3.31. The van der Waals surface area contributed by atoms with E-state index in [4.69, 9.17) is 4.74 Å². The summed E-state index contributed by atoms with van der Waals surface area (Å²) < 4.78 is 46.2. The highest BCUT2D eigenvalue weighted by atomic mass is 19.4. The van der Waals surface area contributed by atoms with Crippen LogP contribution in [0.2, 0.25) is 0 Å². The highest BCUT2D eigenvalue weighted by Gasteiger charge is 2.32. The maximum Gasteiger partial charge on any atom is 0.573 e. The van der Waals surface area contributed by atoms with Gasteiger partial charge in [0.1, 0.15) is 5.75 Å². The zero-order valence-corrected chi connectivity index (χ0v) is 16.3. The van der Waals surface area contributed by atoms with Crippen molar-refractivity contribution in [2.24, 2.45) is 0 Å². The first-order valence-electron chi connectivity index (χ1n) is 9.26. The fraction of sp³-hybridized carbons (Fsp3) is 0.300. The van der Waals surface area contributed by atoms with Crippen LogP contribution in [0.1, 0.15) is 39.6 Å². The molecule has 0 spiro atoms. The predicted molar refractivity (Wildman–Crippen MR) is 102 cm³/mol. The van der Waals surface area contributed by atoms with E-state index in [1.807, 2.05) is 0 Å². The number of benzene rings is 2. The van der Waals surface area contributed by atoms with Gasteiger partial charge in [0.05, 0.1) is 17.1 Å². The molecule has 0 saturated heterocycles. The first-order chi connectivity index (χ1) is 14.6. The second kappa shape index (κ2) is 8.62. The third-order valence-electron chi connectivity index (χ3n) is 4.53. The Morgan fingerprint density at radius 3 is 2.52 bits per heavy atom. The number of fused-ring (bicyclic) bond motifs is 1. The summed E-state index contributed by atoms with van der Waals surface area (Å²) in [6.45, 7) is 1.87. The van der Waals surface area contributed by atoms with Crippen LogP contribution in [-0.4, -0.2) is 36.3 Å². The molecule has 164 valence electrons. The zero-order chi connectivity index (χ0) is 22.8. The summed E-state index contributed by atoms with van der Waals surface area (Å²) >= 11 is 0. The van der Waals surface area contributed by atoms with Crippen LogP contribution >= 0.6 is 0 Å². The molecule has 0 N–H and O–H groups in total. The number of hydrogen-bond acceptors (Lipinski definition) is 6. The van der Waals surface area contributed by atoms with Gasteiger partial charge in [0, 0.05) is 29.9 Å². The molecule has 31 heavy (non-hydrogen) atoms. The monoisotopic (exact) mass is 438 g/mol. The minimum atomic E-state index is -4.84. The second-order valence-corrected chi connectivity index (χ2v) is 6.64. The smallest absolute Gasteiger partial charge is 0.462 e. The predicted octanol–water partition coefficient (Wildman–Crippen LogP) is 4.26. The summed E-state index contributed by atoms with van der Waals surface area (Å²) in [5, 5.41) is 11.3. The summed E-state index contributed by atoms with van der Waals surface area (Å²) in [5.41, 5.74) is 0.124. The van der Waals surface area contributed by atoms with Crippen LogP contribution in [0.3, 0.4) is 0 Å². The van der Waals surface area contributed by atoms with Crippen LogP contribution < -0.4 is 9.64 Å². The van der Waals surface area contributed by atoms with E-state index >= 15 is 0 Å². The van der Waals surface area contributed by atoms with Crippen LogP contribution in [0.15, 0.2) is 36.4 Å². The van der Waals surface area contributed by atoms with Crippen LogP contribution in [0.25, 0.3) is 0 Å². The number of alkyl halides is 3. The molecule has 8 nitrogen and oxygen atoms in total. The van der Waals surface area contributed by atoms with Crippen LogP contribution in [0.4, 0.5) is 24.5 Å². The van der Waals surface area contributed by atoms with Gasteiger partial charge in [0.15, 0.2) is 0 Å². The SMILES string of the molecule is CCOC(=O)c1cc(C(=O)N2CCCc3cc(OC(F)(F)F)ccc32)cc([N+](=O)[O-])c1. The van der Waals surface area contributed by atoms with Gasteiger partial charge in [0.2, 0.25) is 0 Å². The maximum absolute atomic E-state index is 13.1. The number of rotatable bonds is 5. The van der Waals surface area contributed by atoms with Crippen molar-refractivity contribution < 1.29 is 37.2 Å². The van der Waals surface area contributed by atoms with Gasteiger partial charge in [-0.2, -0.15) is 0 Å². The molecule has 0 unspecified atom stereocenters. The molecule has 1 aliphatic rings. The summed E-state index contributed by atoms with van der Waals surface area (Å²) in [6.07, 6.45) is -3.95. The third kappa shape index (κ3) is 5.11. The van der Waals surface area contributed by atoms with Crippen molar-refractivity contribution >= 4 is 23.3 Å². The Morgan fingerprint density at radius 1 is 1.16 bits per heavy atom. The van der Waals surface area contributed by atoms with E-state index in [9.17, 15) is 32.9 Å². The minimum absolute atomic E-state index is 0.0482. The zero-order valence-electron chi connectivity index (χ0n) is 16.3. The van der Waals surface area contributed by atoms with Gasteiger partial charge in [-0.3, -0.25) is 14.9 Å². The number of nitrogens with zero attached hydrogens (tertiary/aromatic N) is 2. The number of amides is 1. The Labute approximate surface area is 174 Å². The highest BCUT2D eigenvalue weighted by Crippen LogP contribution is 2.34. The van der Waals surface area contributed by atoms with Crippen molar-refractivity contribution in [1.29, 1.82) is 0 Å². The Kier molecular flexibility index (Phi) is 6.14. The minimum Gasteiger partial charge on any atom is -0.462 e. The van der Waals surface area contributed by atoms with Crippen molar-refractivity contribution in [1.82, 2.24) is 0 Å². The number of halogens is 3. The molecule has 0 saturated carbocycles. The first kappa shape index (κ1) is 22.1. The van der Waals surface area contributed by atoms with Crippen molar-refractivity contribution in [2.45, 2.75) is 26.1 Å². The lowest BCUT2D eigenvalue weighted by Gasteiger charge is -2.30. The Hall–Kier alpha value is -3.63. The largest absolute Gasteiger partial charge is 0.573 e. The molecule has 1 aliphatic heterocycles. The first-order valence-corrected chi connectivity index (χ1v) is 9.26. The molecule has 1 heterocycles. The van der Waals surface area contributed by atoms with Gasteiger partial charge in [0.25, 0.3) is 11.6 Å². The number of anilines is 1. The number of hydrogen-bond donors (Lipinski definition) is 0. The summed E-state index contributed by atoms with van der Waals surface area (Å²) in [5.74, 6) is -1.84. The molecule has 0 atom stereocenters. The molecule has 2 aromatic carbocycles. The lowest BCUT2D eigenvalue weighted by atomic mass is 9.99. The topological polar surface area (TPSA) is 99.0 Å². The quantitative estimate of drug-likeness (QED) is 0.393. The molecule has 0 radical (unpaired) electrons. The molecule has 3 rings (SSSR count). The number of carbonyl (C=O) groups is 2. The number of nitro benzene ring substituents is 1. The van der Waals surface area contributed by atoms with Gasteiger partial charge in [-0.1, -0.05) is 0 Å². The summed E-state index contributed by atoms with van der Waals surface area (Å²) in [4.78, 5) is 37.0. The lowest BCUT2D eigenvalue weighted by Crippen LogP contribution is -2.35. The molecular formula is C20H17F3N2O6. The lowest BCUT2D eigenvalue weighted by molar-refractivity contribution is -0.384. The number of aryl methyl sites for hydroxylation is 1. The van der Waals surface area contributed by atoms with E-state index in [-0.39, 0.29) is 24.3 Å². The standard InChI is InChI=1S/C20H17F3N2O6/c1-2-30-19(27)14-8-13(9-15(10-14)25(28)29)18(26)24-7-3-4-12-11-16(5-6-17(12)24)31-20(21,22)23/h5-6,8-11H,2-4,7H2,1H3. The maximum atomic E-state index is 13.1. The van der Waals surface area contributed by atoms with E-state index < -0.39 is 34.6 Å². The van der Waals surface area contributed by atoms with Gasteiger partial charge in [-0.25, -0.2) is 4.79 Å². The highest BCUT2D eigenvalue weighted by molar-refractivity contribution is 6.08. The molecule has 0 aliphatic carbocycles. The molecule has 1 amide bonds. The van der Waals surface area contributed by atoms with E-state index in [0.717, 1.165) is 18.2 Å². The average Bonchev–Trinajstić information content (AvgIpc) is 2.71. The van der Waals surface area contributed by atoms with Gasteiger partial charge < -0.3 is 14.4 Å². The van der Waals surface area contributed by atoms with Gasteiger partial charge in [-0.05, 0) is 49.6 Å². The van der Waals surface area contributed by atoms with E-state index in [1.165, 1.54) is 23.1 Å². The Bertz CT molecular complexity index is 1040. The molecule has 11 heteroatoms. The van der Waals surface area contributed by atoms with Crippen molar-refractivity contribution in [3.8, 4) is 5.75 Å². The van der Waals surface area contributed by atoms with E-state index in [0.29, 0.717) is 24.1 Å². The molecule has 0 bridgehead atoms. The van der Waals surface area contributed by atoms with E-state index in [2.05, 4.69) is 4.74 Å².